The maximum Gasteiger partial charge on any atom is 0.402 e. The molecule has 0 spiro atoms. The second-order valence-electron chi connectivity index (χ2n) is 9.76. The zero-order valence-electron chi connectivity index (χ0n) is 20.7. The first-order valence-electron chi connectivity index (χ1n) is 12.7. The topological polar surface area (TPSA) is 57.2 Å². The van der Waals surface area contributed by atoms with Crippen molar-refractivity contribution in [1.82, 2.24) is 0 Å². The molecule has 0 saturated heterocycles. The number of hydrogen-bond donors (Lipinski definition) is 0. The van der Waals surface area contributed by atoms with Gasteiger partial charge in [0.2, 0.25) is 0 Å². The van der Waals surface area contributed by atoms with Crippen LogP contribution in [-0.2, 0) is 10.1 Å². The highest BCUT2D eigenvalue weighted by atomic mass is 127. The summed E-state index contributed by atoms with van der Waals surface area (Å²) >= 11 is -0.0341. The smallest absolute Gasteiger partial charge is 0.402 e. The highest BCUT2D eigenvalue weighted by molar-refractivity contribution is 7.86. The lowest BCUT2D eigenvalue weighted by Crippen LogP contribution is -3.61. The number of alkyl halides is 6. The second-order valence-corrected chi connectivity index (χ2v) is 14.2. The Balaban J connectivity index is 0.000000263. The quantitative estimate of drug-likeness (QED) is 0.238. The summed E-state index contributed by atoms with van der Waals surface area (Å²) in [6, 6.07) is 19.3. The zero-order valence-corrected chi connectivity index (χ0v) is 23.7. The summed E-state index contributed by atoms with van der Waals surface area (Å²) in [5, 5.41) is -6.31. The molecule has 2 aliphatic carbocycles. The van der Waals surface area contributed by atoms with Gasteiger partial charge in [-0.05, 0) is 72.9 Å². The van der Waals surface area contributed by atoms with Crippen molar-refractivity contribution in [2.75, 3.05) is 0 Å². The molecule has 0 radical (unpaired) electrons. The molecule has 0 unspecified atom stereocenters. The Labute approximate surface area is 230 Å². The summed E-state index contributed by atoms with van der Waals surface area (Å²) in [6.45, 7) is 0. The lowest BCUT2D eigenvalue weighted by atomic mass is 9.84. The van der Waals surface area contributed by atoms with Crippen LogP contribution >= 0.6 is 0 Å². The Morgan fingerprint density at radius 3 is 1.29 bits per heavy atom. The average Bonchev–Trinajstić information content (AvgIpc) is 2.90. The Bertz CT molecular complexity index is 1050. The van der Waals surface area contributed by atoms with Gasteiger partial charge in [0.05, 0.1) is 0 Å². The van der Waals surface area contributed by atoms with Crippen molar-refractivity contribution in [3.63, 3.8) is 0 Å². The fourth-order valence-corrected chi connectivity index (χ4v) is 7.47. The van der Waals surface area contributed by atoms with Crippen LogP contribution in [0.3, 0.4) is 0 Å². The molecule has 0 heterocycles. The summed E-state index contributed by atoms with van der Waals surface area (Å²) in [6.07, 6.45) is 9.24. The van der Waals surface area contributed by atoms with Crippen LogP contribution in [0, 0.1) is 7.14 Å². The molecule has 0 amide bonds. The van der Waals surface area contributed by atoms with E-state index in [1.807, 2.05) is 0 Å². The van der Waals surface area contributed by atoms with Gasteiger partial charge >= 0.3 is 38.8 Å². The minimum Gasteiger partial charge on any atom is -0.743 e. The molecule has 3 nitrogen and oxygen atoms in total. The van der Waals surface area contributed by atoms with Crippen LogP contribution in [0.15, 0.2) is 48.5 Å². The third kappa shape index (κ3) is 7.87. The molecule has 2 aromatic carbocycles. The van der Waals surface area contributed by atoms with Gasteiger partial charge in [-0.15, -0.1) is 0 Å². The third-order valence-electron chi connectivity index (χ3n) is 7.09. The van der Waals surface area contributed by atoms with Gasteiger partial charge in [-0.3, -0.25) is 0 Å². The molecule has 2 saturated carbocycles. The molecule has 11 heteroatoms. The Morgan fingerprint density at radius 1 is 0.684 bits per heavy atom. The molecule has 38 heavy (non-hydrogen) atoms. The maximum atomic E-state index is 11.8. The monoisotopic (exact) mass is 676 g/mol. The average molecular weight is 677 g/mol. The van der Waals surface area contributed by atoms with E-state index in [0.717, 1.165) is 11.8 Å². The van der Waals surface area contributed by atoms with Crippen molar-refractivity contribution in [3.8, 4) is 0 Å². The van der Waals surface area contributed by atoms with E-state index in [0.29, 0.717) is 0 Å². The zero-order chi connectivity index (χ0) is 28.0. The van der Waals surface area contributed by atoms with Gasteiger partial charge < -0.3 is 4.55 Å². The van der Waals surface area contributed by atoms with Crippen molar-refractivity contribution >= 4 is 10.1 Å². The van der Waals surface area contributed by atoms with Crippen molar-refractivity contribution in [3.05, 3.63) is 66.8 Å². The van der Waals surface area contributed by atoms with Crippen LogP contribution in [0.1, 0.15) is 87.2 Å². The van der Waals surface area contributed by atoms with E-state index in [4.69, 9.17) is 0 Å². The van der Waals surface area contributed by atoms with Crippen LogP contribution < -0.4 is 21.2 Å². The normalized spacial score (nSPS) is 18.2. The van der Waals surface area contributed by atoms with Gasteiger partial charge in [0.15, 0.2) is 17.3 Å². The summed E-state index contributed by atoms with van der Waals surface area (Å²) in [5.74, 6) is -4.53. The highest BCUT2D eigenvalue weighted by Gasteiger charge is 2.67. The van der Waals surface area contributed by atoms with Gasteiger partial charge in [0.25, 0.3) is 0 Å². The molecule has 4 rings (SSSR count). The molecule has 2 aromatic rings. The molecule has 212 valence electrons. The van der Waals surface area contributed by atoms with Crippen molar-refractivity contribution in [1.29, 1.82) is 0 Å². The lowest BCUT2D eigenvalue weighted by Gasteiger charge is -2.27. The molecular formula is C27H31F6IO3S. The maximum absolute atomic E-state index is 11.8. The molecule has 0 bridgehead atoms. The standard InChI is InChI=1S/C24H30I.C3H2F6O3S/c1-3-7-19(8-4-1)21-11-15-23(16-12-21)25-24-17-13-22(14-18-24)20-9-5-2-6-10-20;4-1(5)2(6,7)3(8,9)13(10,11)12/h11-20H,1-10H2;1H,(H,10,11,12)/q+1;/p-1. The van der Waals surface area contributed by atoms with Gasteiger partial charge in [-0.1, -0.05) is 62.8 Å². The van der Waals surface area contributed by atoms with Crippen LogP contribution in [0.25, 0.3) is 0 Å². The third-order valence-corrected chi connectivity index (χ3v) is 10.7. The summed E-state index contributed by atoms with van der Waals surface area (Å²) in [7, 11) is -6.82. The first-order chi connectivity index (χ1) is 17.8. The fraction of sp³-hybridized carbons (Fsp3) is 0.556. The van der Waals surface area contributed by atoms with Crippen LogP contribution in [0.5, 0.6) is 0 Å². The predicted molar refractivity (Wildman–Crippen MR) is 128 cm³/mol. The fourth-order valence-electron chi connectivity index (χ4n) is 4.89. The van der Waals surface area contributed by atoms with Gasteiger partial charge in [0.1, 0.15) is 0 Å². The van der Waals surface area contributed by atoms with Crippen molar-refractivity contribution in [2.24, 2.45) is 0 Å². The molecule has 0 aliphatic heterocycles. The van der Waals surface area contributed by atoms with E-state index in [1.165, 1.54) is 64.2 Å². The Hall–Kier alpha value is -1.34. The number of benzene rings is 2. The van der Waals surface area contributed by atoms with E-state index >= 15 is 0 Å². The number of hydrogen-bond acceptors (Lipinski definition) is 3. The van der Waals surface area contributed by atoms with E-state index < -0.39 is 27.7 Å². The highest BCUT2D eigenvalue weighted by Crippen LogP contribution is 2.42. The molecule has 0 N–H and O–H groups in total. The number of rotatable bonds is 7. The number of halogens is 7. The summed E-state index contributed by atoms with van der Waals surface area (Å²) < 4.78 is 101. The molecule has 2 aliphatic rings. The van der Waals surface area contributed by atoms with Crippen LogP contribution in [0.2, 0.25) is 0 Å². The van der Waals surface area contributed by atoms with E-state index in [2.05, 4.69) is 48.5 Å². The van der Waals surface area contributed by atoms with E-state index in [-0.39, 0.29) is 21.2 Å². The van der Waals surface area contributed by atoms with Crippen LogP contribution in [-0.4, -0.2) is 30.6 Å². The minimum absolute atomic E-state index is 0.0341. The lowest BCUT2D eigenvalue weighted by molar-refractivity contribution is -0.597. The van der Waals surface area contributed by atoms with Crippen LogP contribution in [0.4, 0.5) is 26.3 Å². The minimum atomic E-state index is -6.82. The molecule has 2 fully saturated rings. The van der Waals surface area contributed by atoms with Gasteiger partial charge in [-0.25, -0.2) is 17.2 Å². The predicted octanol–water partition coefficient (Wildman–Crippen LogP) is 4.94. The van der Waals surface area contributed by atoms with E-state index in [1.54, 1.807) is 18.3 Å². The molecule has 0 atom stereocenters. The van der Waals surface area contributed by atoms with Crippen molar-refractivity contribution < 1.29 is 60.5 Å². The Morgan fingerprint density at radius 2 is 1.03 bits per heavy atom. The van der Waals surface area contributed by atoms with E-state index in [9.17, 15) is 39.3 Å². The summed E-state index contributed by atoms with van der Waals surface area (Å²) in [4.78, 5) is 0. The molecular weight excluding hydrogens is 645 g/mol. The SMILES string of the molecule is O=S(=O)([O-])C(F)(F)C(F)(F)C(F)F.c1cc(C2CCCCC2)ccc1[I+]c1ccc(C2CCCCC2)cc1. The van der Waals surface area contributed by atoms with Crippen molar-refractivity contribution in [2.45, 2.75) is 93.6 Å². The van der Waals surface area contributed by atoms with Gasteiger partial charge in [0, 0.05) is 0 Å². The summed E-state index contributed by atoms with van der Waals surface area (Å²) in [5.41, 5.74) is 3.17. The second kappa shape index (κ2) is 13.3. The first-order valence-corrected chi connectivity index (χ1v) is 16.2. The van der Waals surface area contributed by atoms with Gasteiger partial charge in [-0.2, -0.15) is 17.6 Å². The molecule has 0 aromatic heterocycles. The largest absolute Gasteiger partial charge is 0.743 e. The first kappa shape index (κ1) is 31.2. The Kier molecular flexibility index (Phi) is 11.0.